The lowest BCUT2D eigenvalue weighted by Gasteiger charge is -2.29. The first-order chi connectivity index (χ1) is 8.66. The maximum Gasteiger partial charge on any atom is 0.228 e. The highest BCUT2D eigenvalue weighted by molar-refractivity contribution is 9.07. The number of benzene rings is 1. The zero-order valence-electron chi connectivity index (χ0n) is 9.85. The van der Waals surface area contributed by atoms with Gasteiger partial charge in [-0.2, -0.15) is 0 Å². The molecule has 1 aromatic carbocycles. The minimum atomic E-state index is -0.00523. The number of carbonyl (C=O) groups excluding carboxylic acids is 1. The van der Waals surface area contributed by atoms with Crippen LogP contribution in [0.5, 0.6) is 0 Å². The quantitative estimate of drug-likeness (QED) is 0.749. The van der Waals surface area contributed by atoms with E-state index in [2.05, 4.69) is 26.5 Å². The van der Waals surface area contributed by atoms with Crippen LogP contribution in [0.25, 0.3) is 5.70 Å². The number of carbonyl (C=O) groups is 1. The number of amides is 1. The normalized spacial score (nSPS) is 22.2. The van der Waals surface area contributed by atoms with Gasteiger partial charge in [-0.15, -0.1) is 0 Å². The lowest BCUT2D eigenvalue weighted by atomic mass is 10.0. The highest BCUT2D eigenvalue weighted by Crippen LogP contribution is 2.37. The van der Waals surface area contributed by atoms with Gasteiger partial charge < -0.3 is 5.32 Å². The van der Waals surface area contributed by atoms with Gasteiger partial charge in [0.15, 0.2) is 0 Å². The minimum Gasteiger partial charge on any atom is -0.325 e. The van der Waals surface area contributed by atoms with Crippen molar-refractivity contribution in [3.8, 4) is 0 Å². The van der Waals surface area contributed by atoms with Crippen LogP contribution in [0, 0.1) is 0 Å². The molecule has 0 bridgehead atoms. The number of fused-ring (bicyclic) bond motifs is 2. The molecule has 0 spiro atoms. The fourth-order valence-corrected chi connectivity index (χ4v) is 2.75. The van der Waals surface area contributed by atoms with Crippen LogP contribution in [0.3, 0.4) is 0 Å². The standard InChI is InChI=1S/C13H12BrN3O/c1-8-15-7-9-6-12(18)16-11-5-3-2-4-10(11)13(9)17(8)14/h2-5,7-8H,6H2,1H3,(H,16,18). The number of hydrogen-bond donors (Lipinski definition) is 1. The Morgan fingerprint density at radius 3 is 3.06 bits per heavy atom. The van der Waals surface area contributed by atoms with E-state index in [9.17, 15) is 4.79 Å². The van der Waals surface area contributed by atoms with Crippen LogP contribution >= 0.6 is 16.1 Å². The summed E-state index contributed by atoms with van der Waals surface area (Å²) in [7, 11) is 0. The fraction of sp³-hybridized carbons (Fsp3) is 0.231. The predicted molar refractivity (Wildman–Crippen MR) is 75.3 cm³/mol. The van der Waals surface area contributed by atoms with Gasteiger partial charge in [-0.25, -0.2) is 0 Å². The van der Waals surface area contributed by atoms with E-state index in [1.807, 2.05) is 35.1 Å². The molecule has 0 radical (unpaired) electrons. The van der Waals surface area contributed by atoms with Crippen molar-refractivity contribution >= 4 is 39.7 Å². The Labute approximate surface area is 114 Å². The van der Waals surface area contributed by atoms with Crippen molar-refractivity contribution in [1.82, 2.24) is 3.93 Å². The van der Waals surface area contributed by atoms with E-state index in [-0.39, 0.29) is 12.1 Å². The van der Waals surface area contributed by atoms with Crippen LogP contribution in [-0.2, 0) is 4.79 Å². The Morgan fingerprint density at radius 2 is 2.22 bits per heavy atom. The summed E-state index contributed by atoms with van der Waals surface area (Å²) in [5, 5.41) is 2.92. The van der Waals surface area contributed by atoms with Crippen LogP contribution in [0.15, 0.2) is 34.8 Å². The molecule has 2 aliphatic rings. The lowest BCUT2D eigenvalue weighted by molar-refractivity contribution is -0.115. The molecular weight excluding hydrogens is 294 g/mol. The molecule has 1 unspecified atom stereocenters. The van der Waals surface area contributed by atoms with Crippen molar-refractivity contribution in [2.45, 2.75) is 19.5 Å². The zero-order valence-corrected chi connectivity index (χ0v) is 11.4. The maximum absolute atomic E-state index is 11.8. The summed E-state index contributed by atoms with van der Waals surface area (Å²) in [6.07, 6.45) is 2.17. The van der Waals surface area contributed by atoms with Crippen molar-refractivity contribution in [2.24, 2.45) is 4.99 Å². The second-order valence-corrected chi connectivity index (χ2v) is 5.13. The van der Waals surface area contributed by atoms with Crippen molar-refractivity contribution in [3.63, 3.8) is 0 Å². The molecule has 0 aliphatic carbocycles. The second-order valence-electron chi connectivity index (χ2n) is 4.37. The van der Waals surface area contributed by atoms with E-state index < -0.39 is 0 Å². The summed E-state index contributed by atoms with van der Waals surface area (Å²) in [5.41, 5.74) is 3.83. The fourth-order valence-electron chi connectivity index (χ4n) is 2.22. The lowest BCUT2D eigenvalue weighted by Crippen LogP contribution is -2.25. The van der Waals surface area contributed by atoms with E-state index >= 15 is 0 Å². The monoisotopic (exact) mass is 305 g/mol. The highest BCUT2D eigenvalue weighted by atomic mass is 79.9. The molecule has 18 heavy (non-hydrogen) atoms. The molecule has 2 aliphatic heterocycles. The van der Waals surface area contributed by atoms with E-state index in [1.54, 1.807) is 6.21 Å². The Bertz CT molecular complexity index is 579. The number of halogens is 1. The van der Waals surface area contributed by atoms with Gasteiger partial charge in [0.2, 0.25) is 5.91 Å². The van der Waals surface area contributed by atoms with E-state index in [0.717, 1.165) is 22.5 Å². The smallest absolute Gasteiger partial charge is 0.228 e. The van der Waals surface area contributed by atoms with Gasteiger partial charge in [-0.1, -0.05) is 18.2 Å². The number of nitrogens with one attached hydrogen (secondary N) is 1. The van der Waals surface area contributed by atoms with Crippen LogP contribution in [-0.4, -0.2) is 22.2 Å². The van der Waals surface area contributed by atoms with Crippen molar-refractivity contribution < 1.29 is 4.79 Å². The summed E-state index contributed by atoms with van der Waals surface area (Å²) in [6, 6.07) is 7.82. The van der Waals surface area contributed by atoms with Gasteiger partial charge in [0, 0.05) is 17.4 Å². The third kappa shape index (κ3) is 1.75. The molecule has 0 aromatic heterocycles. The summed E-state index contributed by atoms with van der Waals surface area (Å²) < 4.78 is 1.93. The Kier molecular flexibility index (Phi) is 2.70. The predicted octanol–water partition coefficient (Wildman–Crippen LogP) is 2.78. The first-order valence-electron chi connectivity index (χ1n) is 5.77. The highest BCUT2D eigenvalue weighted by Gasteiger charge is 2.28. The van der Waals surface area contributed by atoms with Gasteiger partial charge in [0.05, 0.1) is 34.0 Å². The van der Waals surface area contributed by atoms with Gasteiger partial charge in [0.1, 0.15) is 6.17 Å². The van der Waals surface area contributed by atoms with Gasteiger partial charge in [0.25, 0.3) is 0 Å². The number of aliphatic imine (C=N–C) groups is 1. The van der Waals surface area contributed by atoms with Gasteiger partial charge in [-0.05, 0) is 13.0 Å². The first-order valence-corrected chi connectivity index (χ1v) is 6.48. The van der Waals surface area contributed by atoms with Gasteiger partial charge >= 0.3 is 0 Å². The molecule has 3 rings (SSSR count). The van der Waals surface area contributed by atoms with Crippen LogP contribution in [0.1, 0.15) is 18.9 Å². The third-order valence-electron chi connectivity index (χ3n) is 3.10. The average molecular weight is 306 g/mol. The van der Waals surface area contributed by atoms with Crippen LogP contribution in [0.4, 0.5) is 5.69 Å². The number of para-hydroxylation sites is 1. The van der Waals surface area contributed by atoms with E-state index in [1.165, 1.54) is 0 Å². The number of rotatable bonds is 0. The second kappa shape index (κ2) is 4.24. The van der Waals surface area contributed by atoms with Crippen LogP contribution < -0.4 is 5.32 Å². The summed E-state index contributed by atoms with van der Waals surface area (Å²) >= 11 is 3.54. The minimum absolute atomic E-state index is 0.00523. The SMILES string of the molecule is CC1N=CC2=C(c3ccccc3NC(=O)C2)N1Br. The molecule has 0 saturated heterocycles. The molecule has 0 saturated carbocycles. The number of nitrogens with zero attached hydrogens (tertiary/aromatic N) is 2. The number of hydrogen-bond acceptors (Lipinski definition) is 3. The summed E-state index contributed by atoms with van der Waals surface area (Å²) in [6.45, 7) is 2.00. The molecule has 1 atom stereocenters. The van der Waals surface area contributed by atoms with Gasteiger partial charge in [-0.3, -0.25) is 13.7 Å². The maximum atomic E-state index is 11.8. The van der Waals surface area contributed by atoms with Crippen molar-refractivity contribution in [3.05, 3.63) is 35.4 Å². The summed E-state index contributed by atoms with van der Waals surface area (Å²) in [4.78, 5) is 16.2. The molecule has 1 amide bonds. The number of anilines is 1. The Hall–Kier alpha value is -1.62. The van der Waals surface area contributed by atoms with Crippen LogP contribution in [0.2, 0.25) is 0 Å². The molecule has 2 heterocycles. The average Bonchev–Trinajstić information content (AvgIpc) is 2.49. The molecule has 4 nitrogen and oxygen atoms in total. The third-order valence-corrected chi connectivity index (χ3v) is 4.05. The molecule has 5 heteroatoms. The topological polar surface area (TPSA) is 44.7 Å². The van der Waals surface area contributed by atoms with Crippen molar-refractivity contribution in [2.75, 3.05) is 5.32 Å². The van der Waals surface area contributed by atoms with E-state index in [0.29, 0.717) is 6.42 Å². The Balaban J connectivity index is 2.23. The molecule has 0 fully saturated rings. The molecular formula is C13H12BrN3O. The molecule has 1 N–H and O–H groups in total. The largest absolute Gasteiger partial charge is 0.325 e. The van der Waals surface area contributed by atoms with Crippen molar-refractivity contribution in [1.29, 1.82) is 0 Å². The zero-order chi connectivity index (χ0) is 12.7. The summed E-state index contributed by atoms with van der Waals surface area (Å²) in [5.74, 6) is -0.00523. The Morgan fingerprint density at radius 1 is 1.44 bits per heavy atom. The first kappa shape index (κ1) is 11.5. The molecule has 1 aromatic rings. The van der Waals surface area contributed by atoms with E-state index in [4.69, 9.17) is 0 Å². The molecule has 92 valence electrons.